The standard InChI is InChI=1S/C25H26F2N4O3/c26-20-2-1-3-21(27)22(20)23-19(24(34-30-23)15-4-5-15)14-33-18-10-12-31(13-11-18)17-8-6-16(7-9-17)25(28)29-32/h1-3,6-9,15,18,32H,4-5,10-14H2,(H2,28,29). The van der Waals surface area contributed by atoms with Gasteiger partial charge in [0.15, 0.2) is 5.84 Å². The molecule has 1 aromatic heterocycles. The van der Waals surface area contributed by atoms with Crippen LogP contribution in [0.4, 0.5) is 14.5 Å². The van der Waals surface area contributed by atoms with Gasteiger partial charge < -0.3 is 25.1 Å². The van der Waals surface area contributed by atoms with Crippen molar-refractivity contribution in [2.75, 3.05) is 18.0 Å². The highest BCUT2D eigenvalue weighted by atomic mass is 19.1. The Kier molecular flexibility index (Phi) is 6.19. The van der Waals surface area contributed by atoms with Crippen LogP contribution in [0, 0.1) is 11.6 Å². The van der Waals surface area contributed by atoms with Crippen LogP contribution in [-0.2, 0) is 11.3 Å². The number of rotatable bonds is 7. The number of nitrogens with two attached hydrogens (primary N) is 1. The summed E-state index contributed by atoms with van der Waals surface area (Å²) < 4.78 is 40.6. The molecule has 2 aliphatic rings. The molecule has 0 atom stereocenters. The number of amidine groups is 1. The normalized spacial score (nSPS) is 17.4. The zero-order valence-electron chi connectivity index (χ0n) is 18.6. The van der Waals surface area contributed by atoms with Gasteiger partial charge in [-0.3, -0.25) is 0 Å². The van der Waals surface area contributed by atoms with Crippen LogP contribution >= 0.6 is 0 Å². The number of halogens is 2. The number of anilines is 1. The van der Waals surface area contributed by atoms with Crippen molar-refractivity contribution in [1.82, 2.24) is 5.16 Å². The van der Waals surface area contributed by atoms with Crippen LogP contribution in [0.3, 0.4) is 0 Å². The van der Waals surface area contributed by atoms with Crippen LogP contribution in [0.5, 0.6) is 0 Å². The van der Waals surface area contributed by atoms with Crippen LogP contribution in [-0.4, -0.2) is 35.4 Å². The van der Waals surface area contributed by atoms with E-state index in [2.05, 4.69) is 15.2 Å². The van der Waals surface area contributed by atoms with Crippen molar-refractivity contribution in [3.63, 3.8) is 0 Å². The van der Waals surface area contributed by atoms with Gasteiger partial charge in [0.2, 0.25) is 0 Å². The minimum atomic E-state index is -0.664. The van der Waals surface area contributed by atoms with Crippen molar-refractivity contribution in [3.8, 4) is 11.3 Å². The lowest BCUT2D eigenvalue weighted by Gasteiger charge is -2.33. The van der Waals surface area contributed by atoms with E-state index in [1.54, 1.807) is 0 Å². The predicted octanol–water partition coefficient (Wildman–Crippen LogP) is 4.78. The predicted molar refractivity (Wildman–Crippen MR) is 123 cm³/mol. The summed E-state index contributed by atoms with van der Waals surface area (Å²) in [5.74, 6) is -0.329. The van der Waals surface area contributed by atoms with E-state index in [4.69, 9.17) is 20.2 Å². The number of aromatic nitrogens is 1. The Labute approximate surface area is 195 Å². The molecule has 3 aromatic rings. The molecular formula is C25H26F2N4O3. The Bertz CT molecular complexity index is 1160. The molecule has 0 radical (unpaired) electrons. The molecule has 34 heavy (non-hydrogen) atoms. The summed E-state index contributed by atoms with van der Waals surface area (Å²) in [6.07, 6.45) is 3.61. The smallest absolute Gasteiger partial charge is 0.170 e. The molecule has 2 heterocycles. The van der Waals surface area contributed by atoms with Gasteiger partial charge in [-0.25, -0.2) is 8.78 Å². The van der Waals surface area contributed by atoms with E-state index in [0.717, 1.165) is 44.5 Å². The second-order valence-electron chi connectivity index (χ2n) is 8.77. The van der Waals surface area contributed by atoms with Crippen molar-refractivity contribution < 1.29 is 23.2 Å². The van der Waals surface area contributed by atoms with Gasteiger partial charge in [-0.05, 0) is 62.1 Å². The van der Waals surface area contributed by atoms with Gasteiger partial charge in [0, 0.05) is 35.8 Å². The summed E-state index contributed by atoms with van der Waals surface area (Å²) in [7, 11) is 0. The molecule has 1 aliphatic heterocycles. The summed E-state index contributed by atoms with van der Waals surface area (Å²) in [5, 5.41) is 15.9. The molecule has 2 fully saturated rings. The van der Waals surface area contributed by atoms with Crippen molar-refractivity contribution in [2.24, 2.45) is 10.9 Å². The molecule has 0 bridgehead atoms. The van der Waals surface area contributed by atoms with Crippen molar-refractivity contribution >= 4 is 11.5 Å². The van der Waals surface area contributed by atoms with E-state index in [0.29, 0.717) is 16.9 Å². The topological polar surface area (TPSA) is 97.1 Å². The summed E-state index contributed by atoms with van der Waals surface area (Å²) in [6.45, 7) is 1.82. The third kappa shape index (κ3) is 4.48. The van der Waals surface area contributed by atoms with Crippen LogP contribution in [0.25, 0.3) is 11.3 Å². The average Bonchev–Trinajstić information content (AvgIpc) is 3.63. The third-order valence-corrected chi connectivity index (χ3v) is 6.51. The highest BCUT2D eigenvalue weighted by molar-refractivity contribution is 5.97. The lowest BCUT2D eigenvalue weighted by molar-refractivity contribution is 0.0246. The van der Waals surface area contributed by atoms with Gasteiger partial charge in [-0.15, -0.1) is 0 Å². The maximum absolute atomic E-state index is 14.4. The number of hydrogen-bond acceptors (Lipinski definition) is 6. The van der Waals surface area contributed by atoms with E-state index in [1.807, 2.05) is 24.3 Å². The first-order valence-corrected chi connectivity index (χ1v) is 11.4. The van der Waals surface area contributed by atoms with E-state index >= 15 is 0 Å². The molecule has 0 unspecified atom stereocenters. The minimum Gasteiger partial charge on any atom is -0.409 e. The molecule has 2 aromatic carbocycles. The molecule has 3 N–H and O–H groups in total. The maximum Gasteiger partial charge on any atom is 0.170 e. The second-order valence-corrected chi connectivity index (χ2v) is 8.77. The molecule has 1 aliphatic carbocycles. The molecule has 0 amide bonds. The number of piperidine rings is 1. The molecule has 0 spiro atoms. The van der Waals surface area contributed by atoms with Crippen LogP contribution in [0.2, 0.25) is 0 Å². The van der Waals surface area contributed by atoms with Gasteiger partial charge in [-0.2, -0.15) is 0 Å². The first-order chi connectivity index (χ1) is 16.5. The quantitative estimate of drug-likeness (QED) is 0.224. The summed E-state index contributed by atoms with van der Waals surface area (Å²) >= 11 is 0. The molecule has 1 saturated heterocycles. The largest absolute Gasteiger partial charge is 0.409 e. The van der Waals surface area contributed by atoms with Gasteiger partial charge in [0.25, 0.3) is 0 Å². The van der Waals surface area contributed by atoms with Crippen molar-refractivity contribution in [3.05, 3.63) is 71.0 Å². The molecule has 9 heteroatoms. The minimum absolute atomic E-state index is 0.0213. The lowest BCUT2D eigenvalue weighted by Crippen LogP contribution is -2.37. The van der Waals surface area contributed by atoms with Crippen LogP contribution in [0.15, 0.2) is 52.1 Å². The number of ether oxygens (including phenoxy) is 1. The molecular weight excluding hydrogens is 442 g/mol. The SMILES string of the molecule is NC(=NO)c1ccc(N2CCC(OCc3c(-c4c(F)cccc4F)noc3C3CC3)CC2)cc1. The third-order valence-electron chi connectivity index (χ3n) is 6.51. The summed E-state index contributed by atoms with van der Waals surface area (Å²) in [4.78, 5) is 2.26. The highest BCUT2D eigenvalue weighted by Gasteiger charge is 2.34. The van der Waals surface area contributed by atoms with E-state index in [1.165, 1.54) is 18.2 Å². The summed E-state index contributed by atoms with van der Waals surface area (Å²) in [5.41, 5.74) is 8.02. The van der Waals surface area contributed by atoms with Crippen molar-refractivity contribution in [1.29, 1.82) is 0 Å². The monoisotopic (exact) mass is 468 g/mol. The zero-order valence-corrected chi connectivity index (χ0v) is 18.6. The van der Waals surface area contributed by atoms with Gasteiger partial charge >= 0.3 is 0 Å². The van der Waals surface area contributed by atoms with Gasteiger partial charge in [0.05, 0.1) is 18.3 Å². The number of oxime groups is 1. The average molecular weight is 469 g/mol. The molecule has 5 rings (SSSR count). The molecule has 1 saturated carbocycles. The maximum atomic E-state index is 14.4. The zero-order chi connectivity index (χ0) is 23.7. The van der Waals surface area contributed by atoms with Crippen molar-refractivity contribution in [2.45, 2.75) is 44.3 Å². The van der Waals surface area contributed by atoms with E-state index < -0.39 is 11.6 Å². The summed E-state index contributed by atoms with van der Waals surface area (Å²) in [6, 6.07) is 11.3. The first-order valence-electron chi connectivity index (χ1n) is 11.4. The number of benzene rings is 2. The first kappa shape index (κ1) is 22.3. The number of nitrogens with zero attached hydrogens (tertiary/aromatic N) is 3. The van der Waals surface area contributed by atoms with Crippen LogP contribution < -0.4 is 10.6 Å². The fourth-order valence-corrected chi connectivity index (χ4v) is 4.43. The number of hydrogen-bond donors (Lipinski definition) is 2. The Morgan fingerprint density at radius 1 is 1.09 bits per heavy atom. The van der Waals surface area contributed by atoms with E-state index in [-0.39, 0.29) is 35.7 Å². The Hall–Kier alpha value is -3.46. The highest BCUT2D eigenvalue weighted by Crippen LogP contribution is 2.45. The Morgan fingerprint density at radius 2 is 1.76 bits per heavy atom. The fourth-order valence-electron chi connectivity index (χ4n) is 4.43. The molecule has 178 valence electrons. The second kappa shape index (κ2) is 9.42. The Balaban J connectivity index is 1.25. The van der Waals surface area contributed by atoms with Crippen LogP contribution in [0.1, 0.15) is 48.5 Å². The van der Waals surface area contributed by atoms with Gasteiger partial charge in [-0.1, -0.05) is 16.4 Å². The van der Waals surface area contributed by atoms with E-state index in [9.17, 15) is 8.78 Å². The fraction of sp³-hybridized carbons (Fsp3) is 0.360. The Morgan fingerprint density at radius 3 is 2.38 bits per heavy atom. The lowest BCUT2D eigenvalue weighted by atomic mass is 10.0. The molecule has 7 nitrogen and oxygen atoms in total. The van der Waals surface area contributed by atoms with Gasteiger partial charge in [0.1, 0.15) is 23.1 Å².